The van der Waals surface area contributed by atoms with Crippen molar-refractivity contribution in [2.45, 2.75) is 86.2 Å². The average molecular weight is 598 g/mol. The van der Waals surface area contributed by atoms with Gasteiger partial charge in [0, 0.05) is 18.4 Å². The number of likely N-dealkylation sites (tertiary alicyclic amines) is 1. The van der Waals surface area contributed by atoms with Crippen LogP contribution in [0.5, 0.6) is 0 Å². The number of carbonyl (C=O) groups excluding carboxylic acids is 3. The Morgan fingerprint density at radius 1 is 0.930 bits per heavy atom. The number of ether oxygens (including phenoxy) is 3. The van der Waals surface area contributed by atoms with Crippen LogP contribution in [-0.2, 0) is 20.6 Å². The monoisotopic (exact) mass is 597 g/mol. The summed E-state index contributed by atoms with van der Waals surface area (Å²) in [6.45, 7) is 13.8. The van der Waals surface area contributed by atoms with Crippen LogP contribution in [0.3, 0.4) is 0 Å². The second kappa shape index (κ2) is 14.1. The first-order valence-electron chi connectivity index (χ1n) is 15.1. The molecule has 3 rings (SSSR count). The van der Waals surface area contributed by atoms with Crippen molar-refractivity contribution in [2.24, 2.45) is 5.92 Å². The zero-order chi connectivity index (χ0) is 31.9. The number of aryl methyl sites for hydroxylation is 1. The van der Waals surface area contributed by atoms with Crippen molar-refractivity contribution in [1.29, 1.82) is 0 Å². The van der Waals surface area contributed by atoms with Gasteiger partial charge in [-0.05, 0) is 71.1 Å². The number of hydrogen-bond acceptors (Lipinski definition) is 8. The maximum absolute atomic E-state index is 14.0. The average Bonchev–Trinajstić information content (AvgIpc) is 3.43. The fraction of sp³-hybridized carbons (Fsp3) is 0.545. The van der Waals surface area contributed by atoms with Crippen molar-refractivity contribution in [1.82, 2.24) is 9.47 Å². The van der Waals surface area contributed by atoms with Gasteiger partial charge in [0.25, 0.3) is 5.82 Å². The highest BCUT2D eigenvalue weighted by Crippen LogP contribution is 2.42. The molecule has 1 aromatic heterocycles. The first-order valence-corrected chi connectivity index (χ1v) is 15.1. The highest BCUT2D eigenvalue weighted by molar-refractivity contribution is 6.10. The maximum atomic E-state index is 14.0. The molecule has 0 aliphatic carbocycles. The lowest BCUT2D eigenvalue weighted by Crippen LogP contribution is -2.55. The highest BCUT2D eigenvalue weighted by atomic mass is 16.6. The van der Waals surface area contributed by atoms with Gasteiger partial charge in [-0.25, -0.2) is 14.4 Å². The van der Waals surface area contributed by atoms with Gasteiger partial charge < -0.3 is 19.3 Å². The van der Waals surface area contributed by atoms with Crippen molar-refractivity contribution in [2.75, 3.05) is 26.3 Å². The van der Waals surface area contributed by atoms with Crippen LogP contribution in [0.15, 0.2) is 24.3 Å². The number of carboxylic acid groups (broad SMARTS) is 1. The van der Waals surface area contributed by atoms with Crippen LogP contribution in [0.1, 0.15) is 111 Å². The van der Waals surface area contributed by atoms with E-state index < -0.39 is 29.6 Å². The molecule has 10 heteroatoms. The lowest BCUT2D eigenvalue weighted by Gasteiger charge is -2.33. The van der Waals surface area contributed by atoms with E-state index in [1.54, 1.807) is 46.8 Å². The van der Waals surface area contributed by atoms with E-state index in [2.05, 4.69) is 13.8 Å². The van der Waals surface area contributed by atoms with Crippen LogP contribution in [0.4, 0.5) is 10.6 Å². The normalized spacial score (nSPS) is 14.4. The van der Waals surface area contributed by atoms with E-state index in [0.29, 0.717) is 55.9 Å². The summed E-state index contributed by atoms with van der Waals surface area (Å²) in [5.74, 6) is -1.93. The first-order chi connectivity index (χ1) is 20.3. The molecule has 0 saturated carbocycles. The van der Waals surface area contributed by atoms with Gasteiger partial charge in [-0.1, -0.05) is 32.4 Å². The van der Waals surface area contributed by atoms with Crippen molar-refractivity contribution < 1.29 is 38.5 Å². The van der Waals surface area contributed by atoms with Gasteiger partial charge in [-0.15, -0.1) is 0 Å². The molecule has 10 nitrogen and oxygen atoms in total. The number of pyridine rings is 1. The molecule has 0 bridgehead atoms. The summed E-state index contributed by atoms with van der Waals surface area (Å²) >= 11 is 0. The van der Waals surface area contributed by atoms with Crippen molar-refractivity contribution in [3.05, 3.63) is 46.6 Å². The molecule has 1 amide bonds. The van der Waals surface area contributed by atoms with Gasteiger partial charge in [0.15, 0.2) is 5.56 Å². The number of hydrogen-bond donors (Lipinski definition) is 1. The first kappa shape index (κ1) is 33.7. The van der Waals surface area contributed by atoms with E-state index in [9.17, 15) is 24.3 Å². The summed E-state index contributed by atoms with van der Waals surface area (Å²) in [7, 11) is 0. The summed E-state index contributed by atoms with van der Waals surface area (Å²) in [6.07, 6.45) is 2.85. The minimum atomic E-state index is -1.11. The number of amides is 1. The molecule has 43 heavy (non-hydrogen) atoms. The van der Waals surface area contributed by atoms with Gasteiger partial charge in [0.05, 0.1) is 43.1 Å². The summed E-state index contributed by atoms with van der Waals surface area (Å²) in [5, 5.41) is 9.52. The Balaban J connectivity index is 2.51. The molecule has 2 aromatic rings. The summed E-state index contributed by atoms with van der Waals surface area (Å²) in [4.78, 5) is 58.3. The predicted molar refractivity (Wildman–Crippen MR) is 163 cm³/mol. The third kappa shape index (κ3) is 7.79. The van der Waals surface area contributed by atoms with Crippen LogP contribution in [-0.4, -0.2) is 66.0 Å². The van der Waals surface area contributed by atoms with Gasteiger partial charge >= 0.3 is 24.0 Å². The molecule has 1 aromatic carbocycles. The van der Waals surface area contributed by atoms with Gasteiger partial charge in [-0.2, -0.15) is 14.3 Å². The van der Waals surface area contributed by atoms with E-state index >= 15 is 0 Å². The molecular weight excluding hydrogens is 552 g/mol. The number of esters is 2. The predicted octanol–water partition coefficient (Wildman–Crippen LogP) is 6.82. The Hall–Kier alpha value is -3.79. The van der Waals surface area contributed by atoms with Gasteiger partial charge in [-0.3, -0.25) is 0 Å². The Morgan fingerprint density at radius 2 is 1.49 bits per heavy atom. The quantitative estimate of drug-likeness (QED) is 0.169. The second-order valence-corrected chi connectivity index (χ2v) is 12.2. The van der Waals surface area contributed by atoms with Gasteiger partial charge in [0.2, 0.25) is 0 Å². The van der Waals surface area contributed by atoms with E-state index in [0.717, 1.165) is 6.42 Å². The number of quaternary nitrogens is 1. The van der Waals surface area contributed by atoms with Crippen LogP contribution in [0, 0.1) is 5.92 Å². The highest BCUT2D eigenvalue weighted by Gasteiger charge is 2.51. The second-order valence-electron chi connectivity index (χ2n) is 12.2. The van der Waals surface area contributed by atoms with E-state index in [1.165, 1.54) is 12.1 Å². The third-order valence-electron chi connectivity index (χ3n) is 7.31. The standard InChI is InChI=1S/C33H44N2O8/c1-8-41-30(38)26-24(14-12-13-21(3)4)34-28(35(19-10-11-20-35)32(40)43-33(5,6)7)27(31(39)42-9-2)25(26)22-15-17-23(18-16-22)29(36)37/h15-18,21H,8-14,19-20H2,1-7H3/p+1. The smallest absolute Gasteiger partial charge is 0.478 e. The fourth-order valence-electron chi connectivity index (χ4n) is 5.38. The van der Waals surface area contributed by atoms with Crippen LogP contribution in [0.2, 0.25) is 0 Å². The van der Waals surface area contributed by atoms with Crippen LogP contribution < -0.4 is 4.48 Å². The molecule has 1 N–H and O–H groups in total. The molecule has 0 unspecified atom stereocenters. The Morgan fingerprint density at radius 3 is 1.98 bits per heavy atom. The molecule has 0 atom stereocenters. The number of aromatic carboxylic acids is 1. The molecule has 234 valence electrons. The minimum Gasteiger partial charge on any atom is -0.478 e. The maximum Gasteiger partial charge on any atom is 0.523 e. The van der Waals surface area contributed by atoms with Crippen molar-refractivity contribution in [3.8, 4) is 11.1 Å². The number of carbonyl (C=O) groups is 4. The lowest BCUT2D eigenvalue weighted by molar-refractivity contribution is 0.0295. The molecule has 0 radical (unpaired) electrons. The van der Waals surface area contributed by atoms with Crippen molar-refractivity contribution >= 4 is 29.8 Å². The largest absolute Gasteiger partial charge is 0.523 e. The van der Waals surface area contributed by atoms with Crippen LogP contribution >= 0.6 is 0 Å². The molecular formula is C33H45N2O8+. The number of aromatic nitrogens is 1. The minimum absolute atomic E-state index is 0.0200. The fourth-order valence-corrected chi connectivity index (χ4v) is 5.38. The summed E-state index contributed by atoms with van der Waals surface area (Å²) in [6, 6.07) is 5.92. The molecule has 2 heterocycles. The zero-order valence-electron chi connectivity index (χ0n) is 26.5. The summed E-state index contributed by atoms with van der Waals surface area (Å²) < 4.78 is 16.6. The number of nitrogens with zero attached hydrogens (tertiary/aromatic N) is 2. The topological polar surface area (TPSA) is 129 Å². The van der Waals surface area contributed by atoms with Crippen LogP contribution in [0.25, 0.3) is 11.1 Å². The molecule has 1 saturated heterocycles. The SMILES string of the molecule is CCOC(=O)c1c(CCCC(C)C)nc([N+]2(C(=O)OC(C)(C)C)CCCC2)c(C(=O)OCC)c1-c1ccc(C(=O)O)cc1. The van der Waals surface area contributed by atoms with Crippen molar-refractivity contribution in [3.63, 3.8) is 0 Å². The van der Waals surface area contributed by atoms with E-state index in [4.69, 9.17) is 19.2 Å². The molecule has 1 fully saturated rings. The molecule has 1 aliphatic rings. The molecule has 0 spiro atoms. The van der Waals surface area contributed by atoms with E-state index in [1.807, 2.05) is 0 Å². The number of benzene rings is 1. The van der Waals surface area contributed by atoms with Gasteiger partial charge in [0.1, 0.15) is 5.60 Å². The number of rotatable bonds is 11. The number of carboxylic acids is 1. The zero-order valence-corrected chi connectivity index (χ0v) is 26.5. The van der Waals surface area contributed by atoms with E-state index in [-0.39, 0.29) is 45.8 Å². The third-order valence-corrected chi connectivity index (χ3v) is 7.31. The lowest BCUT2D eigenvalue weighted by atomic mass is 9.90. The summed E-state index contributed by atoms with van der Waals surface area (Å²) in [5.41, 5.74) is 0.373. The Labute approximate surface area is 253 Å². The Kier molecular flexibility index (Phi) is 11.1. The molecule has 1 aliphatic heterocycles. The Bertz CT molecular complexity index is 1340.